The highest BCUT2D eigenvalue weighted by Crippen LogP contribution is 2.21. The molecule has 1 amide bonds. The zero-order chi connectivity index (χ0) is 20.5. The number of rotatable bonds is 4. The van der Waals surface area contributed by atoms with Crippen LogP contribution < -0.4 is 5.56 Å². The highest BCUT2D eigenvalue weighted by molar-refractivity contribution is 5.83. The average molecular weight is 405 g/mol. The molecule has 30 heavy (non-hydrogen) atoms. The lowest BCUT2D eigenvalue weighted by molar-refractivity contribution is -0.133. The first kappa shape index (κ1) is 19.1. The van der Waals surface area contributed by atoms with Crippen LogP contribution in [0, 0.1) is 5.92 Å². The van der Waals surface area contributed by atoms with Crippen molar-refractivity contribution < 1.29 is 4.79 Å². The molecule has 0 radical (unpaired) electrons. The van der Waals surface area contributed by atoms with Crippen LogP contribution in [0.5, 0.6) is 0 Å². The van der Waals surface area contributed by atoms with Gasteiger partial charge in [-0.25, -0.2) is 4.68 Å². The minimum atomic E-state index is 0.0219. The van der Waals surface area contributed by atoms with Gasteiger partial charge in [0.2, 0.25) is 5.91 Å². The highest BCUT2D eigenvalue weighted by Gasteiger charge is 2.24. The molecule has 6 nitrogen and oxygen atoms in total. The summed E-state index contributed by atoms with van der Waals surface area (Å²) < 4.78 is 3.69. The van der Waals surface area contributed by atoms with Crippen LogP contribution in [0.2, 0.25) is 0 Å². The molecule has 0 bridgehead atoms. The summed E-state index contributed by atoms with van der Waals surface area (Å²) in [7, 11) is 0. The van der Waals surface area contributed by atoms with Crippen LogP contribution >= 0.6 is 0 Å². The zero-order valence-electron chi connectivity index (χ0n) is 17.3. The third kappa shape index (κ3) is 3.78. The molecule has 1 aliphatic heterocycles. The standard InChI is InChI=1S/C24H28N4O2/c29-23-15-20-6-1-3-7-21(20)25-28(23)16-18-9-12-26(13-10-18)24(30)17-27-14-11-19-5-2-4-8-22(19)27/h2,4-5,8,11,14-15,18H,1,3,6-7,9-10,12-13,16-17H2. The second-order valence-electron chi connectivity index (χ2n) is 8.67. The first-order chi connectivity index (χ1) is 14.7. The summed E-state index contributed by atoms with van der Waals surface area (Å²) in [5, 5.41) is 5.82. The molecule has 0 atom stereocenters. The van der Waals surface area contributed by atoms with Gasteiger partial charge < -0.3 is 9.47 Å². The van der Waals surface area contributed by atoms with E-state index in [4.69, 9.17) is 0 Å². The molecule has 2 aliphatic rings. The summed E-state index contributed by atoms with van der Waals surface area (Å²) in [6.45, 7) is 2.55. The summed E-state index contributed by atoms with van der Waals surface area (Å²) in [6.07, 6.45) is 8.11. The van der Waals surface area contributed by atoms with E-state index in [0.717, 1.165) is 73.8 Å². The topological polar surface area (TPSA) is 60.1 Å². The van der Waals surface area contributed by atoms with Gasteiger partial charge >= 0.3 is 0 Å². The van der Waals surface area contributed by atoms with E-state index in [1.54, 1.807) is 10.7 Å². The van der Waals surface area contributed by atoms with Crippen molar-refractivity contribution in [3.05, 3.63) is 64.2 Å². The predicted octanol–water partition coefficient (Wildman–Crippen LogP) is 3.02. The van der Waals surface area contributed by atoms with Crippen molar-refractivity contribution >= 4 is 16.8 Å². The Morgan fingerprint density at radius 1 is 1.07 bits per heavy atom. The van der Waals surface area contributed by atoms with E-state index in [1.807, 2.05) is 27.8 Å². The van der Waals surface area contributed by atoms with Crippen LogP contribution in [0.3, 0.4) is 0 Å². The van der Waals surface area contributed by atoms with Gasteiger partial charge in [-0.05, 0) is 67.5 Å². The maximum Gasteiger partial charge on any atom is 0.267 e. The maximum atomic E-state index is 12.8. The van der Waals surface area contributed by atoms with Crippen molar-refractivity contribution in [2.45, 2.75) is 51.6 Å². The smallest absolute Gasteiger partial charge is 0.267 e. The number of para-hydroxylation sites is 1. The molecule has 0 spiro atoms. The lowest BCUT2D eigenvalue weighted by Crippen LogP contribution is -2.41. The molecule has 5 rings (SSSR count). The van der Waals surface area contributed by atoms with Gasteiger partial charge in [0.25, 0.3) is 5.56 Å². The number of amides is 1. The number of fused-ring (bicyclic) bond motifs is 2. The fourth-order valence-corrected chi connectivity index (χ4v) is 4.87. The third-order valence-corrected chi connectivity index (χ3v) is 6.66. The molecule has 2 aromatic heterocycles. The second-order valence-corrected chi connectivity index (χ2v) is 8.67. The number of hydrogen-bond acceptors (Lipinski definition) is 3. The average Bonchev–Trinajstić information content (AvgIpc) is 3.17. The second kappa shape index (κ2) is 8.09. The molecule has 156 valence electrons. The van der Waals surface area contributed by atoms with Crippen LogP contribution in [0.1, 0.15) is 36.9 Å². The van der Waals surface area contributed by atoms with Crippen molar-refractivity contribution in [3.63, 3.8) is 0 Å². The quantitative estimate of drug-likeness (QED) is 0.672. The Balaban J connectivity index is 1.19. The van der Waals surface area contributed by atoms with E-state index in [0.29, 0.717) is 19.0 Å². The van der Waals surface area contributed by atoms with Crippen LogP contribution in [0.15, 0.2) is 47.4 Å². The zero-order valence-corrected chi connectivity index (χ0v) is 17.3. The molecule has 0 saturated carbocycles. The Labute approximate surface area is 176 Å². The monoisotopic (exact) mass is 404 g/mol. The van der Waals surface area contributed by atoms with E-state index < -0.39 is 0 Å². The number of carbonyl (C=O) groups is 1. The van der Waals surface area contributed by atoms with Gasteiger partial charge in [-0.3, -0.25) is 9.59 Å². The van der Waals surface area contributed by atoms with Gasteiger partial charge in [-0.15, -0.1) is 0 Å². The van der Waals surface area contributed by atoms with Crippen LogP contribution in [0.25, 0.3) is 10.9 Å². The Bertz CT molecular complexity index is 1120. The predicted molar refractivity (Wildman–Crippen MR) is 116 cm³/mol. The van der Waals surface area contributed by atoms with Gasteiger partial charge in [-0.2, -0.15) is 5.10 Å². The number of nitrogens with zero attached hydrogens (tertiary/aromatic N) is 4. The van der Waals surface area contributed by atoms with Crippen molar-refractivity contribution in [1.29, 1.82) is 0 Å². The van der Waals surface area contributed by atoms with Gasteiger partial charge in [0.05, 0.1) is 5.69 Å². The lowest BCUT2D eigenvalue weighted by atomic mass is 9.96. The molecular formula is C24H28N4O2. The minimum absolute atomic E-state index is 0.0219. The fraction of sp³-hybridized carbons (Fsp3) is 0.458. The number of hydrogen-bond donors (Lipinski definition) is 0. The number of benzene rings is 1. The first-order valence-electron chi connectivity index (χ1n) is 11.1. The summed E-state index contributed by atoms with van der Waals surface area (Å²) >= 11 is 0. The molecule has 1 saturated heterocycles. The van der Waals surface area contributed by atoms with E-state index in [1.165, 1.54) is 0 Å². The Morgan fingerprint density at radius 2 is 1.87 bits per heavy atom. The van der Waals surface area contributed by atoms with Gasteiger partial charge in [0, 0.05) is 37.4 Å². The largest absolute Gasteiger partial charge is 0.341 e. The number of likely N-dealkylation sites (tertiary alicyclic amines) is 1. The van der Waals surface area contributed by atoms with Crippen LogP contribution in [-0.2, 0) is 30.7 Å². The lowest BCUT2D eigenvalue weighted by Gasteiger charge is -2.32. The van der Waals surface area contributed by atoms with Crippen molar-refractivity contribution in [1.82, 2.24) is 19.2 Å². The van der Waals surface area contributed by atoms with Crippen molar-refractivity contribution in [3.8, 4) is 0 Å². The molecular weight excluding hydrogens is 376 g/mol. The van der Waals surface area contributed by atoms with Gasteiger partial charge in [0.1, 0.15) is 6.54 Å². The number of aromatic nitrogens is 3. The van der Waals surface area contributed by atoms with E-state index in [2.05, 4.69) is 23.3 Å². The molecule has 1 fully saturated rings. The summed E-state index contributed by atoms with van der Waals surface area (Å²) in [5.41, 5.74) is 3.36. The van der Waals surface area contributed by atoms with Gasteiger partial charge in [-0.1, -0.05) is 18.2 Å². The maximum absolute atomic E-state index is 12.8. The summed E-state index contributed by atoms with van der Waals surface area (Å²) in [4.78, 5) is 27.2. The van der Waals surface area contributed by atoms with Gasteiger partial charge in [0.15, 0.2) is 0 Å². The molecule has 3 heterocycles. The third-order valence-electron chi connectivity index (χ3n) is 6.66. The highest BCUT2D eigenvalue weighted by atomic mass is 16.2. The summed E-state index contributed by atoms with van der Waals surface area (Å²) in [6, 6.07) is 12.0. The number of aryl methyl sites for hydroxylation is 2. The molecule has 0 N–H and O–H groups in total. The first-order valence-corrected chi connectivity index (χ1v) is 11.1. The fourth-order valence-electron chi connectivity index (χ4n) is 4.87. The van der Waals surface area contributed by atoms with E-state index in [-0.39, 0.29) is 11.5 Å². The molecule has 6 heteroatoms. The van der Waals surface area contributed by atoms with Crippen LogP contribution in [-0.4, -0.2) is 38.2 Å². The van der Waals surface area contributed by atoms with E-state index >= 15 is 0 Å². The van der Waals surface area contributed by atoms with Crippen molar-refractivity contribution in [2.75, 3.05) is 13.1 Å². The Kier molecular flexibility index (Phi) is 5.15. The number of carbonyl (C=O) groups excluding carboxylic acids is 1. The number of piperidine rings is 1. The van der Waals surface area contributed by atoms with Crippen molar-refractivity contribution in [2.24, 2.45) is 5.92 Å². The SMILES string of the molecule is O=C(Cn1ccc2ccccc21)N1CCC(Cn2nc3c(cc2=O)CCCC3)CC1. The molecule has 0 unspecified atom stereocenters. The Hall–Kier alpha value is -2.89. The molecule has 1 aromatic carbocycles. The Morgan fingerprint density at radius 3 is 2.73 bits per heavy atom. The normalized spacial score (nSPS) is 17.3. The summed E-state index contributed by atoms with van der Waals surface area (Å²) in [5.74, 6) is 0.562. The minimum Gasteiger partial charge on any atom is -0.341 e. The van der Waals surface area contributed by atoms with E-state index in [9.17, 15) is 9.59 Å². The molecule has 1 aliphatic carbocycles. The van der Waals surface area contributed by atoms with Crippen LogP contribution in [0.4, 0.5) is 0 Å². The molecule has 3 aromatic rings.